The Morgan fingerprint density at radius 3 is 2.79 bits per heavy atom. The number of methoxy groups -OCH3 is 2. The van der Waals surface area contributed by atoms with E-state index in [1.807, 2.05) is 6.07 Å². The first-order chi connectivity index (χ1) is 9.17. The smallest absolute Gasteiger partial charge is 0.175 e. The number of benzene rings is 1. The third-order valence-corrected chi connectivity index (χ3v) is 4.31. The molecule has 1 aliphatic rings. The van der Waals surface area contributed by atoms with Gasteiger partial charge in [-0.1, -0.05) is 6.07 Å². The van der Waals surface area contributed by atoms with Gasteiger partial charge in [-0.3, -0.25) is 4.90 Å². The fraction of sp³-hybridized carbons (Fsp3) is 0.571. The molecule has 1 atom stereocenters. The van der Waals surface area contributed by atoms with Crippen LogP contribution < -0.4 is 9.47 Å². The first-order valence-electron chi connectivity index (χ1n) is 6.38. The van der Waals surface area contributed by atoms with Crippen molar-refractivity contribution < 1.29 is 14.2 Å². The molecule has 0 bridgehead atoms. The van der Waals surface area contributed by atoms with E-state index in [0.29, 0.717) is 6.04 Å². The highest BCUT2D eigenvalue weighted by Crippen LogP contribution is 2.38. The summed E-state index contributed by atoms with van der Waals surface area (Å²) in [5.41, 5.74) is 1.20. The van der Waals surface area contributed by atoms with Gasteiger partial charge in [0.2, 0.25) is 0 Å². The van der Waals surface area contributed by atoms with Gasteiger partial charge in [-0.05, 0) is 34.5 Å². The molecule has 0 spiro atoms. The summed E-state index contributed by atoms with van der Waals surface area (Å²) in [6, 6.07) is 4.46. The standard InChI is InChI=1S/C14H20BrNO3/c1-10-9-19-7-6-16(10)8-11-4-5-12(17-2)14(18-3)13(11)15/h4-5,10H,6-9H2,1-3H3. The highest BCUT2D eigenvalue weighted by molar-refractivity contribution is 9.10. The summed E-state index contributed by atoms with van der Waals surface area (Å²) in [5.74, 6) is 1.49. The third-order valence-electron chi connectivity index (χ3n) is 3.44. The molecule has 19 heavy (non-hydrogen) atoms. The molecule has 0 radical (unpaired) electrons. The Balaban J connectivity index is 2.20. The zero-order valence-corrected chi connectivity index (χ0v) is 13.2. The normalized spacial score (nSPS) is 20.3. The summed E-state index contributed by atoms with van der Waals surface area (Å²) in [7, 11) is 3.30. The maximum absolute atomic E-state index is 5.46. The van der Waals surface area contributed by atoms with Gasteiger partial charge in [-0.15, -0.1) is 0 Å². The highest BCUT2D eigenvalue weighted by Gasteiger charge is 2.21. The van der Waals surface area contributed by atoms with Gasteiger partial charge in [-0.25, -0.2) is 0 Å². The number of hydrogen-bond donors (Lipinski definition) is 0. The average molecular weight is 330 g/mol. The summed E-state index contributed by atoms with van der Waals surface area (Å²) >= 11 is 3.62. The van der Waals surface area contributed by atoms with E-state index in [1.165, 1.54) is 5.56 Å². The van der Waals surface area contributed by atoms with Crippen molar-refractivity contribution in [2.45, 2.75) is 19.5 Å². The van der Waals surface area contributed by atoms with Gasteiger partial charge >= 0.3 is 0 Å². The Hall–Kier alpha value is -0.780. The minimum absolute atomic E-state index is 0.439. The molecule has 1 heterocycles. The van der Waals surface area contributed by atoms with E-state index in [1.54, 1.807) is 14.2 Å². The lowest BCUT2D eigenvalue weighted by molar-refractivity contribution is -0.00448. The van der Waals surface area contributed by atoms with Gasteiger partial charge in [0.25, 0.3) is 0 Å². The summed E-state index contributed by atoms with van der Waals surface area (Å²) in [4.78, 5) is 2.41. The molecule has 5 heteroatoms. The van der Waals surface area contributed by atoms with Gasteiger partial charge in [0.05, 0.1) is 31.9 Å². The highest BCUT2D eigenvalue weighted by atomic mass is 79.9. The second kappa shape index (κ2) is 6.59. The second-order valence-electron chi connectivity index (χ2n) is 4.67. The van der Waals surface area contributed by atoms with Gasteiger partial charge in [0.15, 0.2) is 11.5 Å². The molecule has 1 aromatic carbocycles. The van der Waals surface area contributed by atoms with Crippen LogP contribution in [0.5, 0.6) is 11.5 Å². The van der Waals surface area contributed by atoms with Crippen LogP contribution in [0.4, 0.5) is 0 Å². The molecule has 106 valence electrons. The molecule has 1 fully saturated rings. The predicted octanol–water partition coefficient (Wildman–Crippen LogP) is 2.69. The Kier molecular flexibility index (Phi) is 5.07. The molecule has 0 saturated carbocycles. The average Bonchev–Trinajstić information content (AvgIpc) is 2.43. The van der Waals surface area contributed by atoms with Crippen molar-refractivity contribution >= 4 is 15.9 Å². The molecule has 0 aromatic heterocycles. The van der Waals surface area contributed by atoms with Crippen molar-refractivity contribution in [1.29, 1.82) is 0 Å². The van der Waals surface area contributed by atoms with E-state index in [0.717, 1.165) is 42.3 Å². The van der Waals surface area contributed by atoms with Crippen LogP contribution in [0.3, 0.4) is 0 Å². The lowest BCUT2D eigenvalue weighted by Crippen LogP contribution is -2.42. The van der Waals surface area contributed by atoms with Crippen molar-refractivity contribution in [1.82, 2.24) is 4.90 Å². The van der Waals surface area contributed by atoms with E-state index in [4.69, 9.17) is 14.2 Å². The summed E-state index contributed by atoms with van der Waals surface area (Å²) in [5, 5.41) is 0. The van der Waals surface area contributed by atoms with E-state index in [-0.39, 0.29) is 0 Å². The molecule has 1 unspecified atom stereocenters. The monoisotopic (exact) mass is 329 g/mol. The van der Waals surface area contributed by atoms with Crippen molar-refractivity contribution in [3.63, 3.8) is 0 Å². The Morgan fingerprint density at radius 2 is 2.16 bits per heavy atom. The molecule has 1 saturated heterocycles. The van der Waals surface area contributed by atoms with Crippen molar-refractivity contribution in [2.75, 3.05) is 34.0 Å². The number of halogens is 1. The molecule has 0 amide bonds. The number of ether oxygens (including phenoxy) is 3. The van der Waals surface area contributed by atoms with Crippen molar-refractivity contribution in [2.24, 2.45) is 0 Å². The van der Waals surface area contributed by atoms with Crippen LogP contribution in [0.25, 0.3) is 0 Å². The van der Waals surface area contributed by atoms with E-state index < -0.39 is 0 Å². The van der Waals surface area contributed by atoms with E-state index in [9.17, 15) is 0 Å². The molecule has 0 N–H and O–H groups in total. The van der Waals surface area contributed by atoms with Crippen LogP contribution in [-0.4, -0.2) is 44.9 Å². The van der Waals surface area contributed by atoms with Crippen LogP contribution in [0.1, 0.15) is 12.5 Å². The second-order valence-corrected chi connectivity index (χ2v) is 5.46. The van der Waals surface area contributed by atoms with Crippen LogP contribution in [-0.2, 0) is 11.3 Å². The summed E-state index contributed by atoms with van der Waals surface area (Å²) in [6.45, 7) is 5.63. The van der Waals surface area contributed by atoms with E-state index in [2.05, 4.69) is 33.8 Å². The predicted molar refractivity (Wildman–Crippen MR) is 77.9 cm³/mol. The topological polar surface area (TPSA) is 30.9 Å². The largest absolute Gasteiger partial charge is 0.493 e. The van der Waals surface area contributed by atoms with Crippen LogP contribution in [0.2, 0.25) is 0 Å². The third kappa shape index (κ3) is 3.22. The van der Waals surface area contributed by atoms with Crippen LogP contribution in [0.15, 0.2) is 16.6 Å². The van der Waals surface area contributed by atoms with Crippen molar-refractivity contribution in [3.8, 4) is 11.5 Å². The molecule has 1 aliphatic heterocycles. The van der Waals surface area contributed by atoms with Gasteiger partial charge < -0.3 is 14.2 Å². The van der Waals surface area contributed by atoms with Crippen LogP contribution >= 0.6 is 15.9 Å². The minimum Gasteiger partial charge on any atom is -0.493 e. The van der Waals surface area contributed by atoms with Gasteiger partial charge in [0, 0.05) is 19.1 Å². The SMILES string of the molecule is COc1ccc(CN2CCOCC2C)c(Br)c1OC. The molecule has 1 aromatic rings. The van der Waals surface area contributed by atoms with Gasteiger partial charge in [-0.2, -0.15) is 0 Å². The van der Waals surface area contributed by atoms with Crippen LogP contribution in [0, 0.1) is 0 Å². The number of rotatable bonds is 4. The zero-order valence-electron chi connectivity index (χ0n) is 11.6. The number of nitrogens with zero attached hydrogens (tertiary/aromatic N) is 1. The van der Waals surface area contributed by atoms with Crippen molar-refractivity contribution in [3.05, 3.63) is 22.2 Å². The zero-order chi connectivity index (χ0) is 13.8. The summed E-state index contributed by atoms with van der Waals surface area (Å²) in [6.07, 6.45) is 0. The molecular formula is C14H20BrNO3. The maximum Gasteiger partial charge on any atom is 0.175 e. The first kappa shape index (κ1) is 14.6. The molecule has 0 aliphatic carbocycles. The fourth-order valence-electron chi connectivity index (χ4n) is 2.27. The fourth-order valence-corrected chi connectivity index (χ4v) is 2.88. The Morgan fingerprint density at radius 1 is 1.37 bits per heavy atom. The van der Waals surface area contributed by atoms with Gasteiger partial charge in [0.1, 0.15) is 0 Å². The molecule has 2 rings (SSSR count). The minimum atomic E-state index is 0.439. The lowest BCUT2D eigenvalue weighted by Gasteiger charge is -2.33. The van der Waals surface area contributed by atoms with E-state index >= 15 is 0 Å². The lowest BCUT2D eigenvalue weighted by atomic mass is 10.1. The number of morpholine rings is 1. The number of hydrogen-bond acceptors (Lipinski definition) is 4. The Bertz CT molecular complexity index is 439. The molecular weight excluding hydrogens is 310 g/mol. The quantitative estimate of drug-likeness (QED) is 0.849. The summed E-state index contributed by atoms with van der Waals surface area (Å²) < 4.78 is 17.1. The maximum atomic E-state index is 5.46. The molecule has 4 nitrogen and oxygen atoms in total. The Labute approximate surface area is 122 Å². The first-order valence-corrected chi connectivity index (χ1v) is 7.17.